The average Bonchev–Trinajstić information content (AvgIpc) is 2.59. The Labute approximate surface area is 161 Å². The Morgan fingerprint density at radius 3 is 2.23 bits per heavy atom. The van der Waals surface area contributed by atoms with Gasteiger partial charge in [0, 0.05) is 5.41 Å². The Morgan fingerprint density at radius 2 is 1.69 bits per heavy atom. The zero-order chi connectivity index (χ0) is 19.4. The highest BCUT2D eigenvalue weighted by Crippen LogP contribution is 2.55. The van der Waals surface area contributed by atoms with Crippen molar-refractivity contribution in [1.82, 2.24) is 0 Å². The summed E-state index contributed by atoms with van der Waals surface area (Å²) in [5.74, 6) is 1.05. The lowest BCUT2D eigenvalue weighted by molar-refractivity contribution is -0.150. The van der Waals surface area contributed by atoms with Crippen LogP contribution in [0.1, 0.15) is 91.2 Å². The van der Waals surface area contributed by atoms with Crippen molar-refractivity contribution in [3.63, 3.8) is 0 Å². The minimum atomic E-state index is -0.149. The zero-order valence-corrected chi connectivity index (χ0v) is 18.2. The molecule has 2 fully saturated rings. The van der Waals surface area contributed by atoms with E-state index in [9.17, 15) is 0 Å². The summed E-state index contributed by atoms with van der Waals surface area (Å²) in [6, 6.07) is 6.97. The first kappa shape index (κ1) is 21.3. The van der Waals surface area contributed by atoms with Gasteiger partial charge in [-0.05, 0) is 55.7 Å². The van der Waals surface area contributed by atoms with Crippen LogP contribution in [0.15, 0.2) is 18.2 Å². The Morgan fingerprint density at radius 1 is 1.04 bits per heavy atom. The van der Waals surface area contributed by atoms with Gasteiger partial charge in [0.2, 0.25) is 0 Å². The minimum absolute atomic E-state index is 0.149. The summed E-state index contributed by atoms with van der Waals surface area (Å²) in [4.78, 5) is 0. The zero-order valence-electron chi connectivity index (χ0n) is 18.2. The summed E-state index contributed by atoms with van der Waals surface area (Å²) in [5, 5.41) is 0. The second-order valence-electron chi connectivity index (χ2n) is 8.95. The number of benzene rings is 1. The molecule has 26 heavy (non-hydrogen) atoms. The quantitative estimate of drug-likeness (QED) is 0.573. The van der Waals surface area contributed by atoms with E-state index in [0.29, 0.717) is 18.6 Å². The molecule has 2 nitrogen and oxygen atoms in total. The largest absolute Gasteiger partial charge is 0.482 e. The molecule has 0 spiro atoms. The van der Waals surface area contributed by atoms with Crippen molar-refractivity contribution in [2.24, 2.45) is 5.41 Å². The van der Waals surface area contributed by atoms with Gasteiger partial charge in [-0.1, -0.05) is 66.0 Å². The molecule has 0 amide bonds. The highest BCUT2D eigenvalue weighted by atomic mass is 16.6. The molecule has 2 aliphatic rings. The Kier molecular flexibility index (Phi) is 6.82. The number of rotatable bonds is 5. The molecule has 1 atom stereocenters. The lowest BCUT2D eigenvalue weighted by atomic mass is 9.53. The maximum atomic E-state index is 6.37. The van der Waals surface area contributed by atoms with Crippen molar-refractivity contribution >= 4 is 0 Å². The second-order valence-corrected chi connectivity index (χ2v) is 8.95. The van der Waals surface area contributed by atoms with Crippen LogP contribution in [0.3, 0.4) is 0 Å². The molecule has 1 aliphatic carbocycles. The van der Waals surface area contributed by atoms with Gasteiger partial charge in [-0.25, -0.2) is 0 Å². The van der Waals surface area contributed by atoms with Crippen molar-refractivity contribution in [3.05, 3.63) is 29.3 Å². The van der Waals surface area contributed by atoms with Crippen LogP contribution in [0.4, 0.5) is 0 Å². The van der Waals surface area contributed by atoms with Crippen molar-refractivity contribution in [2.75, 3.05) is 13.2 Å². The highest BCUT2D eigenvalue weighted by molar-refractivity contribution is 5.42. The molecule has 0 aromatic heterocycles. The van der Waals surface area contributed by atoms with Crippen LogP contribution in [0, 0.1) is 12.3 Å². The minimum Gasteiger partial charge on any atom is -0.482 e. The summed E-state index contributed by atoms with van der Waals surface area (Å²) in [5.41, 5.74) is 3.19. The summed E-state index contributed by atoms with van der Waals surface area (Å²) in [6.07, 6.45) is 7.84. The van der Waals surface area contributed by atoms with Crippen molar-refractivity contribution < 1.29 is 9.47 Å². The van der Waals surface area contributed by atoms with Gasteiger partial charge in [0.15, 0.2) is 5.60 Å². The third-order valence-electron chi connectivity index (χ3n) is 6.54. The first-order valence-electron chi connectivity index (χ1n) is 10.7. The van der Waals surface area contributed by atoms with Gasteiger partial charge in [0.25, 0.3) is 0 Å². The predicted octanol–water partition coefficient (Wildman–Crippen LogP) is 6.83. The number of aryl methyl sites for hydroxylation is 1. The van der Waals surface area contributed by atoms with E-state index >= 15 is 0 Å². The SMILES string of the molecule is CC.CCC[C@]1(c2ccc(C)c(OC3(C)COC3)c2)CCCCC1(C)C. The monoisotopic (exact) mass is 360 g/mol. The number of hydrogen-bond acceptors (Lipinski definition) is 2. The normalized spacial score (nSPS) is 26.3. The Balaban J connectivity index is 0.00000117. The van der Waals surface area contributed by atoms with Crippen molar-refractivity contribution in [2.45, 2.75) is 98.0 Å². The standard InChI is InChI=1S/C22H34O2.C2H6/c1-6-11-22(13-8-7-12-20(22,3)4)18-10-9-17(2)19(14-18)24-21(5)15-23-16-21;1-2/h9-10,14H,6-8,11-13,15-16H2,1-5H3;1-2H3/t22-;/m1./s1. The van der Waals surface area contributed by atoms with Crippen molar-refractivity contribution in [3.8, 4) is 5.75 Å². The van der Waals surface area contributed by atoms with E-state index in [-0.39, 0.29) is 11.0 Å². The smallest absolute Gasteiger partial charge is 0.152 e. The third kappa shape index (κ3) is 3.96. The van der Waals surface area contributed by atoms with E-state index in [1.807, 2.05) is 13.8 Å². The van der Waals surface area contributed by atoms with Crippen LogP contribution in [0.2, 0.25) is 0 Å². The van der Waals surface area contributed by atoms with Crippen LogP contribution in [-0.2, 0) is 10.2 Å². The van der Waals surface area contributed by atoms with E-state index in [1.54, 1.807) is 0 Å². The molecule has 148 valence electrons. The predicted molar refractivity (Wildman–Crippen MR) is 111 cm³/mol. The van der Waals surface area contributed by atoms with Gasteiger partial charge in [-0.2, -0.15) is 0 Å². The first-order valence-corrected chi connectivity index (χ1v) is 10.7. The van der Waals surface area contributed by atoms with Crippen LogP contribution in [0.25, 0.3) is 0 Å². The Hall–Kier alpha value is -1.02. The molecule has 1 saturated heterocycles. The second kappa shape index (κ2) is 8.33. The van der Waals surface area contributed by atoms with E-state index in [4.69, 9.17) is 9.47 Å². The van der Waals surface area contributed by atoms with Gasteiger partial charge in [-0.3, -0.25) is 0 Å². The van der Waals surface area contributed by atoms with Gasteiger partial charge >= 0.3 is 0 Å². The number of hydrogen-bond donors (Lipinski definition) is 0. The van der Waals surface area contributed by atoms with E-state index in [1.165, 1.54) is 49.7 Å². The van der Waals surface area contributed by atoms with Crippen LogP contribution < -0.4 is 4.74 Å². The fraction of sp³-hybridized carbons (Fsp3) is 0.750. The lowest BCUT2D eigenvalue weighted by Gasteiger charge is -2.51. The van der Waals surface area contributed by atoms with Gasteiger partial charge in [0.1, 0.15) is 5.75 Å². The molecule has 0 radical (unpaired) electrons. The summed E-state index contributed by atoms with van der Waals surface area (Å²) in [7, 11) is 0. The molecule has 3 rings (SSSR count). The molecule has 0 bridgehead atoms. The lowest BCUT2D eigenvalue weighted by Crippen LogP contribution is -2.51. The molecule has 1 heterocycles. The molecule has 1 saturated carbocycles. The van der Waals surface area contributed by atoms with Crippen LogP contribution in [-0.4, -0.2) is 18.8 Å². The Bertz CT molecular complexity index is 582. The molecule has 1 aromatic rings. The highest BCUT2D eigenvalue weighted by Gasteiger charge is 2.47. The van der Waals surface area contributed by atoms with Crippen molar-refractivity contribution in [1.29, 1.82) is 0 Å². The average molecular weight is 361 g/mol. The van der Waals surface area contributed by atoms with Gasteiger partial charge in [-0.15, -0.1) is 0 Å². The summed E-state index contributed by atoms with van der Waals surface area (Å²) in [6.45, 7) is 17.0. The first-order chi connectivity index (χ1) is 12.3. The van der Waals surface area contributed by atoms with E-state index in [0.717, 1.165) is 5.75 Å². The molecule has 1 aromatic carbocycles. The molecule has 2 heteroatoms. The van der Waals surface area contributed by atoms with Gasteiger partial charge < -0.3 is 9.47 Å². The van der Waals surface area contributed by atoms with E-state index < -0.39 is 0 Å². The van der Waals surface area contributed by atoms with Gasteiger partial charge in [0.05, 0.1) is 13.2 Å². The topological polar surface area (TPSA) is 18.5 Å². The number of ether oxygens (including phenoxy) is 2. The van der Waals surface area contributed by atoms with Crippen LogP contribution >= 0.6 is 0 Å². The molecule has 0 unspecified atom stereocenters. The summed E-state index contributed by atoms with van der Waals surface area (Å²) >= 11 is 0. The van der Waals surface area contributed by atoms with Crippen LogP contribution in [0.5, 0.6) is 5.75 Å². The summed E-state index contributed by atoms with van der Waals surface area (Å²) < 4.78 is 11.7. The molecule has 1 aliphatic heterocycles. The molecular weight excluding hydrogens is 320 g/mol. The molecule has 0 N–H and O–H groups in total. The molecular formula is C24H40O2. The van der Waals surface area contributed by atoms with E-state index in [2.05, 4.69) is 52.8 Å². The third-order valence-corrected chi connectivity index (χ3v) is 6.54. The fourth-order valence-electron chi connectivity index (χ4n) is 4.86. The maximum Gasteiger partial charge on any atom is 0.152 e. The fourth-order valence-corrected chi connectivity index (χ4v) is 4.86. The maximum absolute atomic E-state index is 6.37.